The molecule has 0 aliphatic heterocycles. The normalized spacial score (nSPS) is 14.5. The van der Waals surface area contributed by atoms with Crippen molar-refractivity contribution < 1.29 is 15.0 Å². The number of hydrogen-bond acceptors (Lipinski definition) is 2. The second-order valence-corrected chi connectivity index (χ2v) is 4.88. The second kappa shape index (κ2) is 5.46. The molecule has 1 rings (SSSR count). The molecule has 0 saturated heterocycles. The van der Waals surface area contributed by atoms with Gasteiger partial charge in [-0.15, -0.1) is 0 Å². The number of benzene rings is 1. The van der Waals surface area contributed by atoms with Gasteiger partial charge in [0.1, 0.15) is 0 Å². The van der Waals surface area contributed by atoms with E-state index in [9.17, 15) is 9.90 Å². The SMILES string of the molecule is Cc1ccc(C(O)C(C)CC(=O)O)cc1Br. The van der Waals surface area contributed by atoms with Crippen LogP contribution in [0.2, 0.25) is 0 Å². The molecule has 0 spiro atoms. The molecule has 1 aromatic carbocycles. The Morgan fingerprint density at radius 2 is 2.12 bits per heavy atom. The quantitative estimate of drug-likeness (QED) is 0.895. The first-order valence-corrected chi connectivity index (χ1v) is 5.87. The van der Waals surface area contributed by atoms with Gasteiger partial charge in [-0.3, -0.25) is 4.79 Å². The Balaban J connectivity index is 2.83. The van der Waals surface area contributed by atoms with Crippen LogP contribution >= 0.6 is 15.9 Å². The number of aryl methyl sites for hydroxylation is 1. The zero-order valence-electron chi connectivity index (χ0n) is 9.27. The first-order chi connectivity index (χ1) is 7.41. The molecule has 88 valence electrons. The van der Waals surface area contributed by atoms with Crippen molar-refractivity contribution in [3.8, 4) is 0 Å². The molecule has 0 heterocycles. The van der Waals surface area contributed by atoms with Gasteiger partial charge in [-0.1, -0.05) is 35.0 Å². The molecule has 2 N–H and O–H groups in total. The monoisotopic (exact) mass is 286 g/mol. The van der Waals surface area contributed by atoms with E-state index in [0.717, 1.165) is 15.6 Å². The van der Waals surface area contributed by atoms with Crippen LogP contribution in [0.5, 0.6) is 0 Å². The highest BCUT2D eigenvalue weighted by Crippen LogP contribution is 2.27. The van der Waals surface area contributed by atoms with Crippen molar-refractivity contribution in [2.75, 3.05) is 0 Å². The maximum Gasteiger partial charge on any atom is 0.303 e. The molecule has 0 aliphatic rings. The maximum absolute atomic E-state index is 10.5. The molecule has 16 heavy (non-hydrogen) atoms. The molecule has 0 fully saturated rings. The van der Waals surface area contributed by atoms with Gasteiger partial charge in [0.05, 0.1) is 12.5 Å². The number of aliphatic carboxylic acids is 1. The third kappa shape index (κ3) is 3.32. The van der Waals surface area contributed by atoms with Gasteiger partial charge in [0.2, 0.25) is 0 Å². The van der Waals surface area contributed by atoms with Gasteiger partial charge >= 0.3 is 5.97 Å². The molecule has 0 amide bonds. The van der Waals surface area contributed by atoms with E-state index in [0.29, 0.717) is 0 Å². The number of carboxylic acid groups (broad SMARTS) is 1. The van der Waals surface area contributed by atoms with E-state index >= 15 is 0 Å². The van der Waals surface area contributed by atoms with Gasteiger partial charge in [-0.2, -0.15) is 0 Å². The average Bonchev–Trinajstić information content (AvgIpc) is 2.20. The van der Waals surface area contributed by atoms with Crippen LogP contribution < -0.4 is 0 Å². The van der Waals surface area contributed by atoms with Crippen LogP contribution in [0.1, 0.15) is 30.6 Å². The van der Waals surface area contributed by atoms with E-state index in [-0.39, 0.29) is 12.3 Å². The van der Waals surface area contributed by atoms with Crippen molar-refractivity contribution in [2.24, 2.45) is 5.92 Å². The predicted octanol–water partition coefficient (Wildman–Crippen LogP) is 2.90. The molecular formula is C12H15BrO3. The zero-order chi connectivity index (χ0) is 12.3. The highest BCUT2D eigenvalue weighted by atomic mass is 79.9. The minimum absolute atomic E-state index is 0.0351. The fraction of sp³-hybridized carbons (Fsp3) is 0.417. The van der Waals surface area contributed by atoms with Gasteiger partial charge in [0.25, 0.3) is 0 Å². The molecule has 2 atom stereocenters. The minimum Gasteiger partial charge on any atom is -0.481 e. The molecule has 0 aliphatic carbocycles. The van der Waals surface area contributed by atoms with Gasteiger partial charge in [0, 0.05) is 4.47 Å². The van der Waals surface area contributed by atoms with Gasteiger partial charge in [0.15, 0.2) is 0 Å². The van der Waals surface area contributed by atoms with Crippen LogP contribution in [-0.2, 0) is 4.79 Å². The second-order valence-electron chi connectivity index (χ2n) is 4.03. The summed E-state index contributed by atoms with van der Waals surface area (Å²) in [5.74, 6) is -1.19. The average molecular weight is 287 g/mol. The first kappa shape index (κ1) is 13.2. The summed E-state index contributed by atoms with van der Waals surface area (Å²) in [6.45, 7) is 3.69. The Morgan fingerprint density at radius 3 is 2.62 bits per heavy atom. The van der Waals surface area contributed by atoms with E-state index in [1.54, 1.807) is 6.92 Å². The molecule has 1 aromatic rings. The van der Waals surface area contributed by atoms with E-state index in [4.69, 9.17) is 5.11 Å². The zero-order valence-corrected chi connectivity index (χ0v) is 10.9. The number of carboxylic acids is 1. The molecule has 0 saturated carbocycles. The van der Waals surface area contributed by atoms with Crippen molar-refractivity contribution in [3.63, 3.8) is 0 Å². The van der Waals surface area contributed by atoms with Crippen LogP contribution in [-0.4, -0.2) is 16.2 Å². The lowest BCUT2D eigenvalue weighted by Gasteiger charge is -2.18. The van der Waals surface area contributed by atoms with E-state index < -0.39 is 12.1 Å². The van der Waals surface area contributed by atoms with Gasteiger partial charge in [-0.05, 0) is 30.0 Å². The Hall–Kier alpha value is -0.870. The van der Waals surface area contributed by atoms with Crippen LogP contribution in [0.15, 0.2) is 22.7 Å². The summed E-state index contributed by atoms with van der Waals surface area (Å²) in [5.41, 5.74) is 1.83. The topological polar surface area (TPSA) is 57.5 Å². The van der Waals surface area contributed by atoms with Crippen molar-refractivity contribution in [1.82, 2.24) is 0 Å². The molecule has 0 bridgehead atoms. The number of halogens is 1. The maximum atomic E-state index is 10.5. The Labute approximate surface area is 103 Å². The summed E-state index contributed by atoms with van der Waals surface area (Å²) in [6.07, 6.45) is -0.778. The smallest absolute Gasteiger partial charge is 0.303 e. The fourth-order valence-corrected chi connectivity index (χ4v) is 1.91. The summed E-state index contributed by atoms with van der Waals surface area (Å²) in [7, 11) is 0. The summed E-state index contributed by atoms with van der Waals surface area (Å²) in [6, 6.07) is 5.55. The molecular weight excluding hydrogens is 272 g/mol. The third-order valence-corrected chi connectivity index (χ3v) is 3.43. The summed E-state index contributed by atoms with van der Waals surface area (Å²) in [5, 5.41) is 18.6. The molecule has 3 nitrogen and oxygen atoms in total. The highest BCUT2D eigenvalue weighted by molar-refractivity contribution is 9.10. The summed E-state index contributed by atoms with van der Waals surface area (Å²) >= 11 is 3.39. The Morgan fingerprint density at radius 1 is 1.50 bits per heavy atom. The van der Waals surface area contributed by atoms with E-state index in [1.807, 2.05) is 25.1 Å². The number of hydrogen-bond donors (Lipinski definition) is 2. The van der Waals surface area contributed by atoms with Crippen LogP contribution in [0.25, 0.3) is 0 Å². The largest absolute Gasteiger partial charge is 0.481 e. The number of rotatable bonds is 4. The fourth-order valence-electron chi connectivity index (χ4n) is 1.51. The van der Waals surface area contributed by atoms with Crippen molar-refractivity contribution in [3.05, 3.63) is 33.8 Å². The van der Waals surface area contributed by atoms with Crippen LogP contribution in [0.3, 0.4) is 0 Å². The lowest BCUT2D eigenvalue weighted by atomic mass is 9.94. The first-order valence-electron chi connectivity index (χ1n) is 5.07. The lowest BCUT2D eigenvalue weighted by Crippen LogP contribution is -2.13. The molecule has 4 heteroatoms. The number of carbonyl (C=O) groups is 1. The summed E-state index contributed by atoms with van der Waals surface area (Å²) < 4.78 is 0.923. The molecule has 0 aromatic heterocycles. The standard InChI is InChI=1S/C12H15BrO3/c1-7-3-4-9(6-10(7)13)12(16)8(2)5-11(14)15/h3-4,6,8,12,16H,5H2,1-2H3,(H,14,15). The van der Waals surface area contributed by atoms with Crippen molar-refractivity contribution in [1.29, 1.82) is 0 Å². The van der Waals surface area contributed by atoms with Crippen LogP contribution in [0, 0.1) is 12.8 Å². The van der Waals surface area contributed by atoms with Crippen molar-refractivity contribution >= 4 is 21.9 Å². The van der Waals surface area contributed by atoms with Crippen molar-refractivity contribution in [2.45, 2.75) is 26.4 Å². The molecule has 2 unspecified atom stereocenters. The highest BCUT2D eigenvalue weighted by Gasteiger charge is 2.19. The van der Waals surface area contributed by atoms with E-state index in [2.05, 4.69) is 15.9 Å². The van der Waals surface area contributed by atoms with E-state index in [1.165, 1.54) is 0 Å². The number of aliphatic hydroxyl groups excluding tert-OH is 1. The number of aliphatic hydroxyl groups is 1. The minimum atomic E-state index is -0.891. The Bertz CT molecular complexity index is 390. The Kier molecular flexibility index (Phi) is 4.50. The van der Waals surface area contributed by atoms with Gasteiger partial charge in [-0.25, -0.2) is 0 Å². The van der Waals surface area contributed by atoms with Gasteiger partial charge < -0.3 is 10.2 Å². The molecule has 0 radical (unpaired) electrons. The predicted molar refractivity (Wildman–Crippen MR) is 65.3 cm³/mol. The van der Waals surface area contributed by atoms with Crippen LogP contribution in [0.4, 0.5) is 0 Å². The summed E-state index contributed by atoms with van der Waals surface area (Å²) in [4.78, 5) is 10.5. The third-order valence-electron chi connectivity index (χ3n) is 2.57. The lowest BCUT2D eigenvalue weighted by molar-refractivity contribution is -0.139.